The summed E-state index contributed by atoms with van der Waals surface area (Å²) in [6.07, 6.45) is 2.86. The van der Waals surface area contributed by atoms with Crippen LogP contribution in [0.3, 0.4) is 0 Å². The minimum atomic E-state index is 0.111. The highest BCUT2D eigenvalue weighted by Crippen LogP contribution is 2.49. The zero-order valence-corrected chi connectivity index (χ0v) is 12.2. The van der Waals surface area contributed by atoms with Crippen molar-refractivity contribution < 1.29 is 9.53 Å². The molecule has 0 aromatic heterocycles. The number of benzene rings is 1. The molecule has 0 aliphatic heterocycles. The first kappa shape index (κ1) is 14.3. The van der Waals surface area contributed by atoms with Crippen LogP contribution < -0.4 is 10.1 Å². The number of nitrogens with one attached hydrogen (secondary N) is 1. The normalized spacial score (nSPS) is 15.9. The Bertz CT molecular complexity index is 444. The van der Waals surface area contributed by atoms with Crippen molar-refractivity contribution in [2.24, 2.45) is 5.41 Å². The van der Waals surface area contributed by atoms with Gasteiger partial charge in [0, 0.05) is 6.42 Å². The second-order valence-corrected chi connectivity index (χ2v) is 5.67. The molecule has 0 heterocycles. The predicted molar refractivity (Wildman–Crippen MR) is 79.8 cm³/mol. The summed E-state index contributed by atoms with van der Waals surface area (Å²) < 4.78 is 5.58. The summed E-state index contributed by atoms with van der Waals surface area (Å²) in [5.41, 5.74) is 1.36. The van der Waals surface area contributed by atoms with Crippen LogP contribution in [0.15, 0.2) is 24.3 Å². The topological polar surface area (TPSA) is 38.3 Å². The monoisotopic (exact) mass is 279 g/mol. The molecule has 104 valence electrons. The maximum absolute atomic E-state index is 11.7. The van der Waals surface area contributed by atoms with Crippen molar-refractivity contribution in [3.63, 3.8) is 0 Å². The molecule has 1 fully saturated rings. The van der Waals surface area contributed by atoms with Gasteiger partial charge < -0.3 is 10.1 Å². The highest BCUT2D eigenvalue weighted by molar-refractivity contribution is 7.80. The lowest BCUT2D eigenvalue weighted by Gasteiger charge is -2.12. The highest BCUT2D eigenvalue weighted by atomic mass is 32.1. The van der Waals surface area contributed by atoms with E-state index in [0.29, 0.717) is 19.6 Å². The molecule has 4 heteroatoms. The fraction of sp³-hybridized carbons (Fsp3) is 0.533. The van der Waals surface area contributed by atoms with Gasteiger partial charge in [0.2, 0.25) is 5.91 Å². The zero-order valence-electron chi connectivity index (χ0n) is 11.3. The number of hydrogen-bond acceptors (Lipinski definition) is 3. The van der Waals surface area contributed by atoms with Crippen LogP contribution in [0.25, 0.3) is 0 Å². The third kappa shape index (κ3) is 4.46. The predicted octanol–water partition coefficient (Wildman–Crippen LogP) is 2.59. The second-order valence-electron chi connectivity index (χ2n) is 5.35. The van der Waals surface area contributed by atoms with E-state index in [4.69, 9.17) is 4.74 Å². The molecular weight excluding hydrogens is 258 g/mol. The third-order valence-electron chi connectivity index (χ3n) is 3.51. The smallest absolute Gasteiger partial charge is 0.220 e. The summed E-state index contributed by atoms with van der Waals surface area (Å²) in [5, 5.41) is 2.90. The van der Waals surface area contributed by atoms with E-state index in [9.17, 15) is 4.79 Å². The Morgan fingerprint density at radius 1 is 1.47 bits per heavy atom. The van der Waals surface area contributed by atoms with E-state index in [2.05, 4.69) is 17.9 Å². The van der Waals surface area contributed by atoms with Crippen molar-refractivity contribution in [3.05, 3.63) is 29.8 Å². The molecule has 0 radical (unpaired) electrons. The maximum atomic E-state index is 11.7. The van der Waals surface area contributed by atoms with Crippen LogP contribution in [-0.4, -0.2) is 24.8 Å². The first-order valence-electron chi connectivity index (χ1n) is 6.71. The van der Waals surface area contributed by atoms with Gasteiger partial charge in [0.15, 0.2) is 0 Å². The average Bonchev–Trinajstić information content (AvgIpc) is 3.15. The molecular formula is C15H21NO2S. The Kier molecular flexibility index (Phi) is 4.75. The first-order valence-corrected chi connectivity index (χ1v) is 7.34. The van der Waals surface area contributed by atoms with Crippen LogP contribution in [-0.2, 0) is 4.79 Å². The lowest BCUT2D eigenvalue weighted by Crippen LogP contribution is -2.30. The standard InChI is InChI=1S/C15H21NO2S/c1-12-3-2-4-13(9-12)18-8-7-16-14(17)10-15(11-19)5-6-15/h2-4,9,19H,5-8,10-11H2,1H3,(H,16,17). The molecule has 0 atom stereocenters. The number of hydrogen-bond donors (Lipinski definition) is 2. The quantitative estimate of drug-likeness (QED) is 0.595. The number of carbonyl (C=O) groups is 1. The Morgan fingerprint density at radius 3 is 2.89 bits per heavy atom. The van der Waals surface area contributed by atoms with E-state index in [-0.39, 0.29) is 11.3 Å². The Balaban J connectivity index is 1.63. The fourth-order valence-electron chi connectivity index (χ4n) is 2.04. The first-order chi connectivity index (χ1) is 9.13. The summed E-state index contributed by atoms with van der Waals surface area (Å²) in [5.74, 6) is 1.77. The number of amides is 1. The van der Waals surface area contributed by atoms with Crippen LogP contribution in [0.4, 0.5) is 0 Å². The largest absolute Gasteiger partial charge is 0.492 e. The number of thiol groups is 1. The minimum absolute atomic E-state index is 0.111. The van der Waals surface area contributed by atoms with Gasteiger partial charge in [0.1, 0.15) is 12.4 Å². The molecule has 3 nitrogen and oxygen atoms in total. The van der Waals surface area contributed by atoms with Crippen molar-refractivity contribution in [1.82, 2.24) is 5.32 Å². The molecule has 0 bridgehead atoms. The number of rotatable bonds is 7. The Morgan fingerprint density at radius 2 is 2.26 bits per heavy atom. The second kappa shape index (κ2) is 6.33. The van der Waals surface area contributed by atoms with Crippen LogP contribution in [0, 0.1) is 12.3 Å². The van der Waals surface area contributed by atoms with Gasteiger partial charge in [-0.15, -0.1) is 0 Å². The molecule has 1 saturated carbocycles. The van der Waals surface area contributed by atoms with Gasteiger partial charge in [0.05, 0.1) is 6.54 Å². The van der Waals surface area contributed by atoms with Crippen LogP contribution in [0.1, 0.15) is 24.8 Å². The van der Waals surface area contributed by atoms with E-state index in [1.54, 1.807) is 0 Å². The van der Waals surface area contributed by atoms with Gasteiger partial charge in [0.25, 0.3) is 0 Å². The third-order valence-corrected chi connectivity index (χ3v) is 4.18. The van der Waals surface area contributed by atoms with Crippen molar-refractivity contribution in [2.75, 3.05) is 18.9 Å². The summed E-state index contributed by atoms with van der Waals surface area (Å²) >= 11 is 4.30. The van der Waals surface area contributed by atoms with Crippen LogP contribution >= 0.6 is 12.6 Å². The Hall–Kier alpha value is -1.16. The Labute approximate surface area is 120 Å². The molecule has 1 aromatic carbocycles. The number of carbonyl (C=O) groups excluding carboxylic acids is 1. The van der Waals surface area contributed by atoms with Gasteiger partial charge in [-0.05, 0) is 48.6 Å². The van der Waals surface area contributed by atoms with Gasteiger partial charge >= 0.3 is 0 Å². The summed E-state index contributed by atoms with van der Waals surface area (Å²) in [4.78, 5) is 11.7. The molecule has 0 saturated heterocycles. The molecule has 0 spiro atoms. The van der Waals surface area contributed by atoms with Crippen molar-refractivity contribution in [3.8, 4) is 5.75 Å². The summed E-state index contributed by atoms with van der Waals surface area (Å²) in [6.45, 7) is 3.08. The number of ether oxygens (including phenoxy) is 1. The maximum Gasteiger partial charge on any atom is 0.220 e. The SMILES string of the molecule is Cc1cccc(OCCNC(=O)CC2(CS)CC2)c1. The van der Waals surface area contributed by atoms with Crippen LogP contribution in [0.5, 0.6) is 5.75 Å². The molecule has 0 unspecified atom stereocenters. The van der Waals surface area contributed by atoms with Gasteiger partial charge in [-0.1, -0.05) is 12.1 Å². The molecule has 1 amide bonds. The van der Waals surface area contributed by atoms with E-state index < -0.39 is 0 Å². The van der Waals surface area contributed by atoms with E-state index in [0.717, 1.165) is 24.3 Å². The summed E-state index contributed by atoms with van der Waals surface area (Å²) in [6, 6.07) is 7.91. The van der Waals surface area contributed by atoms with E-state index >= 15 is 0 Å². The van der Waals surface area contributed by atoms with E-state index in [1.165, 1.54) is 5.56 Å². The molecule has 2 rings (SSSR count). The zero-order chi connectivity index (χ0) is 13.7. The molecule has 19 heavy (non-hydrogen) atoms. The van der Waals surface area contributed by atoms with E-state index in [1.807, 2.05) is 31.2 Å². The van der Waals surface area contributed by atoms with Crippen LogP contribution in [0.2, 0.25) is 0 Å². The lowest BCUT2D eigenvalue weighted by molar-refractivity contribution is -0.122. The molecule has 1 aliphatic carbocycles. The minimum Gasteiger partial charge on any atom is -0.492 e. The fourth-order valence-corrected chi connectivity index (χ4v) is 2.46. The van der Waals surface area contributed by atoms with Gasteiger partial charge in [-0.25, -0.2) is 0 Å². The molecule has 1 aliphatic rings. The van der Waals surface area contributed by atoms with Crippen molar-refractivity contribution in [1.29, 1.82) is 0 Å². The summed E-state index contributed by atoms with van der Waals surface area (Å²) in [7, 11) is 0. The van der Waals surface area contributed by atoms with Crippen molar-refractivity contribution in [2.45, 2.75) is 26.2 Å². The average molecular weight is 279 g/mol. The number of aryl methyl sites for hydroxylation is 1. The molecule has 1 N–H and O–H groups in total. The van der Waals surface area contributed by atoms with Gasteiger partial charge in [-0.2, -0.15) is 12.6 Å². The van der Waals surface area contributed by atoms with Gasteiger partial charge in [-0.3, -0.25) is 4.79 Å². The lowest BCUT2D eigenvalue weighted by atomic mass is 10.1. The highest BCUT2D eigenvalue weighted by Gasteiger charge is 2.42. The van der Waals surface area contributed by atoms with Crippen molar-refractivity contribution >= 4 is 18.5 Å². The molecule has 1 aromatic rings.